The van der Waals surface area contributed by atoms with Gasteiger partial charge in [-0.05, 0) is 30.3 Å². The Morgan fingerprint density at radius 1 is 1.21 bits per heavy atom. The van der Waals surface area contributed by atoms with Crippen LogP contribution in [0.2, 0.25) is 0 Å². The summed E-state index contributed by atoms with van der Waals surface area (Å²) in [6, 6.07) is 8.86. The lowest BCUT2D eigenvalue weighted by Gasteiger charge is -2.25. The minimum Gasteiger partial charge on any atom is -0.356 e. The molecular weight excluding hydrogens is 375 g/mol. The van der Waals surface area contributed by atoms with Crippen LogP contribution in [-0.2, 0) is 0 Å². The van der Waals surface area contributed by atoms with E-state index in [2.05, 4.69) is 24.8 Å². The van der Waals surface area contributed by atoms with Crippen molar-refractivity contribution in [3.8, 4) is 0 Å². The van der Waals surface area contributed by atoms with E-state index in [0.717, 1.165) is 29.8 Å². The monoisotopic (exact) mass is 394 g/mol. The first-order chi connectivity index (χ1) is 14.0. The second-order valence-corrected chi connectivity index (χ2v) is 7.55. The second-order valence-electron chi connectivity index (χ2n) is 7.55. The van der Waals surface area contributed by atoms with Gasteiger partial charge in [-0.1, -0.05) is 0 Å². The number of hydrogen-bond acceptors (Lipinski definition) is 7. The first kappa shape index (κ1) is 17.7. The third kappa shape index (κ3) is 3.03. The molecule has 0 bridgehead atoms. The quantitative estimate of drug-likeness (QED) is 0.515. The largest absolute Gasteiger partial charge is 0.356 e. The predicted octanol–water partition coefficient (Wildman–Crippen LogP) is 1.85. The molecule has 2 aliphatic rings. The third-order valence-corrected chi connectivity index (χ3v) is 5.88. The van der Waals surface area contributed by atoms with Crippen molar-refractivity contribution in [2.24, 2.45) is 11.8 Å². The van der Waals surface area contributed by atoms with Crippen molar-refractivity contribution in [1.29, 1.82) is 0 Å². The zero-order chi connectivity index (χ0) is 20.1. The molecule has 1 aliphatic heterocycles. The number of benzene rings is 1. The van der Waals surface area contributed by atoms with Crippen LogP contribution in [0.15, 0.2) is 42.7 Å². The number of halogens is 1. The van der Waals surface area contributed by atoms with Crippen molar-refractivity contribution in [1.82, 2.24) is 20.4 Å². The number of amides is 1. The molecule has 2 fully saturated rings. The highest BCUT2D eigenvalue weighted by Crippen LogP contribution is 2.49. The van der Waals surface area contributed by atoms with Crippen LogP contribution >= 0.6 is 0 Å². The van der Waals surface area contributed by atoms with E-state index in [0.29, 0.717) is 23.8 Å². The van der Waals surface area contributed by atoms with E-state index >= 15 is 0 Å². The summed E-state index contributed by atoms with van der Waals surface area (Å²) in [7, 11) is 2.05. The van der Waals surface area contributed by atoms with Crippen LogP contribution < -0.4 is 15.3 Å². The Hall–Kier alpha value is -3.33. The smallest absolute Gasteiger partial charge is 0.277 e. The molecule has 2 N–H and O–H groups in total. The fourth-order valence-corrected chi connectivity index (χ4v) is 4.33. The van der Waals surface area contributed by atoms with Gasteiger partial charge in [0, 0.05) is 55.8 Å². The molecule has 29 heavy (non-hydrogen) atoms. The van der Waals surface area contributed by atoms with Gasteiger partial charge >= 0.3 is 0 Å². The van der Waals surface area contributed by atoms with Crippen LogP contribution in [0.3, 0.4) is 0 Å². The Morgan fingerprint density at radius 2 is 1.93 bits per heavy atom. The summed E-state index contributed by atoms with van der Waals surface area (Å²) in [4.78, 5) is 28.8. The van der Waals surface area contributed by atoms with Gasteiger partial charge in [-0.3, -0.25) is 10.0 Å². The lowest BCUT2D eigenvalue weighted by Crippen LogP contribution is -2.34. The summed E-state index contributed by atoms with van der Waals surface area (Å²) in [6.07, 6.45) is 2.81. The molecule has 1 aromatic carbocycles. The van der Waals surface area contributed by atoms with E-state index in [1.807, 2.05) is 19.2 Å². The first-order valence-corrected chi connectivity index (χ1v) is 9.36. The van der Waals surface area contributed by atoms with E-state index in [4.69, 9.17) is 5.21 Å². The standard InChI is InChI=1S/C20H19FN6O2/c1-26(17-5-2-11-6-13(21)3-4-16(11)24-17)18-14-9-27(10-15(14)18)20-22-7-12(8-23-20)19(28)25-29/h2-8,14-15,18,29H,9-10H2,1H3,(H,25,28)/t14-,15+,18?. The van der Waals surface area contributed by atoms with Gasteiger partial charge in [0.05, 0.1) is 11.1 Å². The molecule has 1 aliphatic carbocycles. The van der Waals surface area contributed by atoms with E-state index in [-0.39, 0.29) is 11.4 Å². The number of hydroxylamine groups is 1. The van der Waals surface area contributed by atoms with E-state index in [9.17, 15) is 9.18 Å². The minimum absolute atomic E-state index is 0.209. The molecule has 9 heteroatoms. The molecule has 1 saturated carbocycles. The van der Waals surface area contributed by atoms with Gasteiger partial charge in [0.1, 0.15) is 11.6 Å². The first-order valence-electron chi connectivity index (χ1n) is 9.36. The van der Waals surface area contributed by atoms with Crippen molar-refractivity contribution in [2.45, 2.75) is 6.04 Å². The zero-order valence-corrected chi connectivity index (χ0v) is 15.7. The molecule has 0 spiro atoms. The lowest BCUT2D eigenvalue weighted by atomic mass is 10.2. The van der Waals surface area contributed by atoms with Crippen LogP contribution in [0.5, 0.6) is 0 Å². The van der Waals surface area contributed by atoms with Crippen molar-refractivity contribution in [2.75, 3.05) is 29.9 Å². The van der Waals surface area contributed by atoms with E-state index < -0.39 is 5.91 Å². The number of aromatic nitrogens is 3. The Bertz CT molecular complexity index is 1080. The van der Waals surface area contributed by atoms with Gasteiger partial charge in [0.15, 0.2) is 0 Å². The molecule has 8 nitrogen and oxygen atoms in total. The number of hydrogen-bond donors (Lipinski definition) is 2. The van der Waals surface area contributed by atoms with Gasteiger partial charge in [0.25, 0.3) is 5.91 Å². The van der Waals surface area contributed by atoms with Crippen LogP contribution in [-0.4, -0.2) is 52.2 Å². The third-order valence-electron chi connectivity index (χ3n) is 5.88. The van der Waals surface area contributed by atoms with Gasteiger partial charge in [-0.15, -0.1) is 0 Å². The number of pyridine rings is 1. The van der Waals surface area contributed by atoms with Crippen molar-refractivity contribution in [3.05, 3.63) is 54.1 Å². The molecule has 0 radical (unpaired) electrons. The van der Waals surface area contributed by atoms with Crippen LogP contribution in [0, 0.1) is 17.7 Å². The topological polar surface area (TPSA) is 94.5 Å². The summed E-state index contributed by atoms with van der Waals surface area (Å²) in [5.41, 5.74) is 2.56. The Labute approximate surface area is 166 Å². The van der Waals surface area contributed by atoms with Crippen LogP contribution in [0.1, 0.15) is 10.4 Å². The maximum Gasteiger partial charge on any atom is 0.277 e. The second kappa shape index (κ2) is 6.63. The average molecular weight is 394 g/mol. The van der Waals surface area contributed by atoms with Crippen molar-refractivity contribution < 1.29 is 14.4 Å². The number of nitrogens with one attached hydrogen (secondary N) is 1. The molecule has 3 aromatic rings. The van der Waals surface area contributed by atoms with Crippen LogP contribution in [0.25, 0.3) is 10.9 Å². The summed E-state index contributed by atoms with van der Waals surface area (Å²) in [5, 5.41) is 9.45. The number of rotatable bonds is 4. The number of nitrogens with zero attached hydrogens (tertiary/aromatic N) is 5. The van der Waals surface area contributed by atoms with E-state index in [1.165, 1.54) is 24.5 Å². The minimum atomic E-state index is -0.631. The van der Waals surface area contributed by atoms with Gasteiger partial charge < -0.3 is 9.80 Å². The molecule has 1 unspecified atom stereocenters. The number of piperidine rings is 1. The zero-order valence-electron chi connectivity index (χ0n) is 15.7. The highest BCUT2D eigenvalue weighted by atomic mass is 19.1. The van der Waals surface area contributed by atoms with Gasteiger partial charge in [0.2, 0.25) is 5.95 Å². The number of carbonyl (C=O) groups is 1. The normalized spacial score (nSPS) is 22.4. The van der Waals surface area contributed by atoms with Gasteiger partial charge in [-0.25, -0.2) is 24.8 Å². The Balaban J connectivity index is 1.26. The highest BCUT2D eigenvalue weighted by Gasteiger charge is 2.58. The number of carbonyl (C=O) groups excluding carboxylic acids is 1. The number of fused-ring (bicyclic) bond motifs is 2. The summed E-state index contributed by atoms with van der Waals surface area (Å²) >= 11 is 0. The summed E-state index contributed by atoms with van der Waals surface area (Å²) in [5.74, 6) is 1.56. The molecule has 148 valence electrons. The fourth-order valence-electron chi connectivity index (χ4n) is 4.33. The predicted molar refractivity (Wildman–Crippen MR) is 104 cm³/mol. The van der Waals surface area contributed by atoms with Crippen molar-refractivity contribution in [3.63, 3.8) is 0 Å². The van der Waals surface area contributed by atoms with Crippen molar-refractivity contribution >= 4 is 28.6 Å². The number of anilines is 2. The fraction of sp³-hybridized carbons (Fsp3) is 0.300. The SMILES string of the molecule is CN(c1ccc2cc(F)ccc2n1)C1[C@H]2CN(c3ncc(C(=O)NO)cn3)C[C@@H]12. The average Bonchev–Trinajstić information content (AvgIpc) is 3.25. The Morgan fingerprint density at radius 3 is 2.62 bits per heavy atom. The molecule has 3 atom stereocenters. The van der Waals surface area contributed by atoms with E-state index in [1.54, 1.807) is 11.5 Å². The van der Waals surface area contributed by atoms with Gasteiger partial charge in [-0.2, -0.15) is 0 Å². The summed E-state index contributed by atoms with van der Waals surface area (Å²) < 4.78 is 13.4. The lowest BCUT2D eigenvalue weighted by molar-refractivity contribution is 0.0705. The van der Waals surface area contributed by atoms with Crippen LogP contribution in [0.4, 0.5) is 16.2 Å². The molecule has 1 amide bonds. The molecule has 2 aromatic heterocycles. The highest BCUT2D eigenvalue weighted by molar-refractivity contribution is 5.92. The summed E-state index contributed by atoms with van der Waals surface area (Å²) in [6.45, 7) is 1.67. The maximum absolute atomic E-state index is 13.4. The maximum atomic E-state index is 13.4. The molecular formula is C20H19FN6O2. The Kier molecular flexibility index (Phi) is 4.06. The molecule has 3 heterocycles. The molecule has 5 rings (SSSR count). The molecule has 1 saturated heterocycles.